The highest BCUT2D eigenvalue weighted by Crippen LogP contribution is 2.22. The molecule has 0 radical (unpaired) electrons. The van der Waals surface area contributed by atoms with Gasteiger partial charge in [0.25, 0.3) is 0 Å². The van der Waals surface area contributed by atoms with Gasteiger partial charge in [0.1, 0.15) is 5.82 Å². The van der Waals surface area contributed by atoms with Crippen LogP contribution in [0.5, 0.6) is 0 Å². The van der Waals surface area contributed by atoms with Crippen LogP contribution < -0.4 is 0 Å². The van der Waals surface area contributed by atoms with Crippen LogP contribution in [0.3, 0.4) is 0 Å². The van der Waals surface area contributed by atoms with Crippen molar-refractivity contribution >= 4 is 18.0 Å². The molecule has 1 aromatic carbocycles. The van der Waals surface area contributed by atoms with Gasteiger partial charge in [-0.05, 0) is 30.9 Å². The Balaban J connectivity index is 3.31. The van der Waals surface area contributed by atoms with Crippen LogP contribution in [0.2, 0.25) is 0 Å². The molecule has 0 spiro atoms. The first-order valence-electron chi connectivity index (χ1n) is 3.48. The standard InChI is InChI=1S/C9H9FOS/c1-6-3-7(5-11)9(10)8(4-6)12-2/h3-5H,1-2H3. The summed E-state index contributed by atoms with van der Waals surface area (Å²) in [4.78, 5) is 10.9. The summed E-state index contributed by atoms with van der Waals surface area (Å²) in [5.74, 6) is -0.414. The molecule has 0 aliphatic carbocycles. The van der Waals surface area contributed by atoms with Gasteiger partial charge in [0, 0.05) is 4.90 Å². The Labute approximate surface area is 75.0 Å². The first-order chi connectivity index (χ1) is 5.69. The summed E-state index contributed by atoms with van der Waals surface area (Å²) < 4.78 is 13.2. The van der Waals surface area contributed by atoms with E-state index in [1.807, 2.05) is 6.92 Å². The van der Waals surface area contributed by atoms with E-state index in [0.29, 0.717) is 11.2 Å². The lowest BCUT2D eigenvalue weighted by atomic mass is 10.1. The van der Waals surface area contributed by atoms with Gasteiger partial charge in [0.2, 0.25) is 0 Å². The molecule has 0 saturated carbocycles. The average molecular weight is 184 g/mol. The molecule has 0 fully saturated rings. The Morgan fingerprint density at radius 3 is 2.67 bits per heavy atom. The van der Waals surface area contributed by atoms with Crippen LogP contribution in [0.1, 0.15) is 15.9 Å². The number of halogens is 1. The quantitative estimate of drug-likeness (QED) is 0.519. The molecule has 12 heavy (non-hydrogen) atoms. The summed E-state index contributed by atoms with van der Waals surface area (Å²) >= 11 is 1.31. The minimum Gasteiger partial charge on any atom is -0.298 e. The Kier molecular flexibility index (Phi) is 2.87. The fraction of sp³-hybridized carbons (Fsp3) is 0.222. The van der Waals surface area contributed by atoms with Crippen LogP contribution >= 0.6 is 11.8 Å². The van der Waals surface area contributed by atoms with Crippen molar-refractivity contribution in [2.45, 2.75) is 11.8 Å². The Morgan fingerprint density at radius 2 is 2.17 bits per heavy atom. The third-order valence-electron chi connectivity index (χ3n) is 1.56. The second-order valence-electron chi connectivity index (χ2n) is 2.49. The van der Waals surface area contributed by atoms with Crippen molar-refractivity contribution in [3.8, 4) is 0 Å². The molecular formula is C9H9FOS. The first kappa shape index (κ1) is 9.26. The normalized spacial score (nSPS) is 9.92. The molecule has 0 heterocycles. The van der Waals surface area contributed by atoms with Gasteiger partial charge in [0.05, 0.1) is 5.56 Å². The lowest BCUT2D eigenvalue weighted by Gasteiger charge is -2.02. The van der Waals surface area contributed by atoms with Gasteiger partial charge in [-0.25, -0.2) is 4.39 Å². The van der Waals surface area contributed by atoms with Gasteiger partial charge in [-0.3, -0.25) is 4.79 Å². The van der Waals surface area contributed by atoms with Crippen molar-refractivity contribution in [3.63, 3.8) is 0 Å². The third-order valence-corrected chi connectivity index (χ3v) is 2.30. The lowest BCUT2D eigenvalue weighted by Crippen LogP contribution is -1.91. The van der Waals surface area contributed by atoms with Crippen LogP contribution in [0, 0.1) is 12.7 Å². The molecule has 0 aliphatic rings. The fourth-order valence-corrected chi connectivity index (χ4v) is 1.60. The van der Waals surface area contributed by atoms with Crippen LogP contribution in [-0.2, 0) is 0 Å². The van der Waals surface area contributed by atoms with Crippen molar-refractivity contribution in [1.82, 2.24) is 0 Å². The van der Waals surface area contributed by atoms with E-state index in [4.69, 9.17) is 0 Å². The lowest BCUT2D eigenvalue weighted by molar-refractivity contribution is 0.111. The summed E-state index contributed by atoms with van der Waals surface area (Å²) in [6.45, 7) is 1.84. The molecule has 1 aromatic rings. The molecule has 3 heteroatoms. The first-order valence-corrected chi connectivity index (χ1v) is 4.71. The largest absolute Gasteiger partial charge is 0.298 e. The predicted molar refractivity (Wildman–Crippen MR) is 48.3 cm³/mol. The number of benzene rings is 1. The van der Waals surface area contributed by atoms with E-state index in [0.717, 1.165) is 5.56 Å². The summed E-state index contributed by atoms with van der Waals surface area (Å²) in [7, 11) is 0. The van der Waals surface area contributed by atoms with Crippen LogP contribution in [-0.4, -0.2) is 12.5 Å². The van der Waals surface area contributed by atoms with Crippen molar-refractivity contribution in [3.05, 3.63) is 29.1 Å². The highest BCUT2D eigenvalue weighted by atomic mass is 32.2. The zero-order valence-corrected chi connectivity index (χ0v) is 7.74. The molecule has 1 nitrogen and oxygen atoms in total. The van der Waals surface area contributed by atoms with E-state index in [-0.39, 0.29) is 5.56 Å². The number of hydrogen-bond donors (Lipinski definition) is 0. The average Bonchev–Trinajstić information content (AvgIpc) is 2.08. The molecule has 0 bridgehead atoms. The highest BCUT2D eigenvalue weighted by Gasteiger charge is 2.07. The smallest absolute Gasteiger partial charge is 0.153 e. The van der Waals surface area contributed by atoms with Crippen molar-refractivity contribution < 1.29 is 9.18 Å². The molecule has 0 amide bonds. The molecular weight excluding hydrogens is 175 g/mol. The van der Waals surface area contributed by atoms with E-state index in [2.05, 4.69) is 0 Å². The van der Waals surface area contributed by atoms with Crippen LogP contribution in [0.25, 0.3) is 0 Å². The number of aldehydes is 1. The van der Waals surface area contributed by atoms with Gasteiger partial charge in [-0.15, -0.1) is 11.8 Å². The predicted octanol–water partition coefficient (Wildman–Crippen LogP) is 2.67. The van der Waals surface area contributed by atoms with Gasteiger partial charge < -0.3 is 0 Å². The zero-order chi connectivity index (χ0) is 9.14. The van der Waals surface area contributed by atoms with Gasteiger partial charge in [0.15, 0.2) is 6.29 Å². The Bertz CT molecular complexity index is 310. The van der Waals surface area contributed by atoms with E-state index in [1.54, 1.807) is 18.4 Å². The van der Waals surface area contributed by atoms with Crippen molar-refractivity contribution in [1.29, 1.82) is 0 Å². The summed E-state index contributed by atoms with van der Waals surface area (Å²) in [6.07, 6.45) is 2.33. The van der Waals surface area contributed by atoms with Crippen LogP contribution in [0.15, 0.2) is 17.0 Å². The maximum absolute atomic E-state index is 13.2. The van der Waals surface area contributed by atoms with Gasteiger partial charge in [-0.2, -0.15) is 0 Å². The fourth-order valence-electron chi connectivity index (χ4n) is 0.997. The molecule has 0 aromatic heterocycles. The van der Waals surface area contributed by atoms with Crippen molar-refractivity contribution in [2.75, 3.05) is 6.26 Å². The summed E-state index contributed by atoms with van der Waals surface area (Å²) in [6, 6.07) is 3.27. The zero-order valence-electron chi connectivity index (χ0n) is 6.93. The van der Waals surface area contributed by atoms with Crippen LogP contribution in [0.4, 0.5) is 4.39 Å². The third kappa shape index (κ3) is 1.67. The minimum atomic E-state index is -0.414. The second-order valence-corrected chi connectivity index (χ2v) is 3.34. The molecule has 1 rings (SSSR count). The topological polar surface area (TPSA) is 17.1 Å². The Hall–Kier alpha value is -0.830. The summed E-state index contributed by atoms with van der Waals surface area (Å²) in [5, 5.41) is 0. The summed E-state index contributed by atoms with van der Waals surface area (Å²) in [5.41, 5.74) is 1.04. The highest BCUT2D eigenvalue weighted by molar-refractivity contribution is 7.98. The molecule has 64 valence electrons. The SMILES string of the molecule is CSc1cc(C)cc(C=O)c1F. The number of carbonyl (C=O) groups is 1. The molecule has 0 N–H and O–H groups in total. The molecule has 0 saturated heterocycles. The number of carbonyl (C=O) groups excluding carboxylic acids is 1. The monoisotopic (exact) mass is 184 g/mol. The number of thioether (sulfide) groups is 1. The van der Waals surface area contributed by atoms with E-state index < -0.39 is 5.82 Å². The minimum absolute atomic E-state index is 0.138. The number of hydrogen-bond acceptors (Lipinski definition) is 2. The van der Waals surface area contributed by atoms with Crippen molar-refractivity contribution in [2.24, 2.45) is 0 Å². The maximum Gasteiger partial charge on any atom is 0.153 e. The molecule has 0 unspecified atom stereocenters. The molecule has 0 atom stereocenters. The van der Waals surface area contributed by atoms with E-state index in [1.165, 1.54) is 11.8 Å². The second kappa shape index (κ2) is 3.72. The van der Waals surface area contributed by atoms with Gasteiger partial charge in [-0.1, -0.05) is 0 Å². The number of aryl methyl sites for hydroxylation is 1. The number of rotatable bonds is 2. The van der Waals surface area contributed by atoms with Gasteiger partial charge >= 0.3 is 0 Å². The molecule has 0 aliphatic heterocycles. The van der Waals surface area contributed by atoms with E-state index >= 15 is 0 Å². The Morgan fingerprint density at radius 1 is 1.50 bits per heavy atom. The van der Waals surface area contributed by atoms with E-state index in [9.17, 15) is 9.18 Å². The maximum atomic E-state index is 13.2.